The maximum absolute atomic E-state index is 13.6. The SMILES string of the molecule is CC(C)(C)OC(=O)N(Cc1cc(B2OC(C)(C)C(C)(C)O2)cc(C(F)(F)F)c1)C1CC1. The summed E-state index contributed by atoms with van der Waals surface area (Å²) in [6.07, 6.45) is -3.44. The molecule has 0 atom stereocenters. The van der Waals surface area contributed by atoms with E-state index in [1.54, 1.807) is 26.8 Å². The van der Waals surface area contributed by atoms with Crippen molar-refractivity contribution in [2.75, 3.05) is 0 Å². The lowest BCUT2D eigenvalue weighted by Crippen LogP contribution is -2.41. The van der Waals surface area contributed by atoms with Gasteiger partial charge in [0.05, 0.1) is 16.8 Å². The van der Waals surface area contributed by atoms with Crippen LogP contribution < -0.4 is 5.46 Å². The van der Waals surface area contributed by atoms with E-state index in [9.17, 15) is 18.0 Å². The van der Waals surface area contributed by atoms with Gasteiger partial charge in [0.2, 0.25) is 0 Å². The molecule has 1 aromatic rings. The van der Waals surface area contributed by atoms with Crippen LogP contribution in [0, 0.1) is 0 Å². The summed E-state index contributed by atoms with van der Waals surface area (Å²) in [4.78, 5) is 14.2. The Morgan fingerprint density at radius 1 is 1.10 bits per heavy atom. The van der Waals surface area contributed by atoms with Gasteiger partial charge in [-0.25, -0.2) is 4.79 Å². The van der Waals surface area contributed by atoms with Gasteiger partial charge >= 0.3 is 19.4 Å². The number of carbonyl (C=O) groups excluding carboxylic acids is 1. The van der Waals surface area contributed by atoms with Gasteiger partial charge in [-0.15, -0.1) is 0 Å². The van der Waals surface area contributed by atoms with E-state index >= 15 is 0 Å². The van der Waals surface area contributed by atoms with Gasteiger partial charge in [-0.1, -0.05) is 12.1 Å². The standard InChI is InChI=1S/C22H31BF3NO4/c1-19(2,3)29-18(28)27(17-8-9-17)13-14-10-15(22(24,25)26)12-16(11-14)23-30-20(4,5)21(6,7)31-23/h10-12,17H,8-9,13H2,1-7H3. The quantitative estimate of drug-likeness (QED) is 0.624. The number of ether oxygens (including phenoxy) is 1. The normalized spacial score (nSPS) is 20.6. The first kappa shape index (κ1) is 23.9. The van der Waals surface area contributed by atoms with Crippen molar-refractivity contribution >= 4 is 18.7 Å². The van der Waals surface area contributed by atoms with Crippen LogP contribution in [0.4, 0.5) is 18.0 Å². The molecule has 2 fully saturated rings. The van der Waals surface area contributed by atoms with E-state index in [1.165, 1.54) is 4.90 Å². The third-order valence-corrected chi connectivity index (χ3v) is 5.84. The maximum atomic E-state index is 13.6. The summed E-state index contributed by atoms with van der Waals surface area (Å²) in [5, 5.41) is 0. The smallest absolute Gasteiger partial charge is 0.444 e. The van der Waals surface area contributed by atoms with Gasteiger partial charge in [0.15, 0.2) is 0 Å². The van der Waals surface area contributed by atoms with Gasteiger partial charge in [-0.2, -0.15) is 13.2 Å². The number of hydrogen-bond donors (Lipinski definition) is 0. The largest absolute Gasteiger partial charge is 0.494 e. The van der Waals surface area contributed by atoms with Gasteiger partial charge in [0.1, 0.15) is 5.60 Å². The Morgan fingerprint density at radius 2 is 1.65 bits per heavy atom. The molecule has 3 rings (SSSR count). The number of rotatable bonds is 4. The van der Waals surface area contributed by atoms with Crippen molar-refractivity contribution < 1.29 is 32.0 Å². The molecule has 31 heavy (non-hydrogen) atoms. The first-order valence-electron chi connectivity index (χ1n) is 10.5. The van der Waals surface area contributed by atoms with Crippen LogP contribution in [0.15, 0.2) is 18.2 Å². The highest BCUT2D eigenvalue weighted by molar-refractivity contribution is 6.62. The van der Waals surface area contributed by atoms with Crippen molar-refractivity contribution in [1.82, 2.24) is 4.90 Å². The van der Waals surface area contributed by atoms with Crippen LogP contribution in [0.3, 0.4) is 0 Å². The second-order valence-electron chi connectivity index (χ2n) is 10.4. The molecule has 1 aliphatic carbocycles. The Labute approximate surface area is 182 Å². The molecule has 5 nitrogen and oxygen atoms in total. The van der Waals surface area contributed by atoms with Gasteiger partial charge in [0, 0.05) is 12.6 Å². The number of benzene rings is 1. The van der Waals surface area contributed by atoms with Crippen LogP contribution in [-0.4, -0.2) is 41.0 Å². The van der Waals surface area contributed by atoms with Crippen LogP contribution in [0.5, 0.6) is 0 Å². The van der Waals surface area contributed by atoms with Crippen molar-refractivity contribution in [3.63, 3.8) is 0 Å². The summed E-state index contributed by atoms with van der Waals surface area (Å²) in [7, 11) is -0.929. The monoisotopic (exact) mass is 441 g/mol. The Morgan fingerprint density at radius 3 is 2.10 bits per heavy atom. The van der Waals surface area contributed by atoms with Crippen molar-refractivity contribution in [1.29, 1.82) is 0 Å². The molecule has 1 heterocycles. The van der Waals surface area contributed by atoms with Crippen molar-refractivity contribution in [2.24, 2.45) is 0 Å². The van der Waals surface area contributed by atoms with Crippen molar-refractivity contribution in [3.8, 4) is 0 Å². The van der Waals surface area contributed by atoms with Gasteiger partial charge in [0.25, 0.3) is 0 Å². The number of carbonyl (C=O) groups is 1. The highest BCUT2D eigenvalue weighted by Gasteiger charge is 2.52. The van der Waals surface area contributed by atoms with Gasteiger partial charge in [-0.3, -0.25) is 0 Å². The minimum Gasteiger partial charge on any atom is -0.444 e. The average molecular weight is 441 g/mol. The third kappa shape index (κ3) is 5.55. The first-order valence-corrected chi connectivity index (χ1v) is 10.5. The Kier molecular flexibility index (Phi) is 5.93. The summed E-state index contributed by atoms with van der Waals surface area (Å²) >= 11 is 0. The molecule has 0 radical (unpaired) electrons. The number of amides is 1. The minimum atomic E-state index is -4.54. The Bertz CT molecular complexity index is 828. The fourth-order valence-electron chi connectivity index (χ4n) is 3.33. The summed E-state index contributed by atoms with van der Waals surface area (Å²) in [6.45, 7) is 12.7. The van der Waals surface area contributed by atoms with Crippen LogP contribution in [0.1, 0.15) is 72.4 Å². The highest BCUT2D eigenvalue weighted by atomic mass is 19.4. The zero-order valence-corrected chi connectivity index (χ0v) is 19.2. The van der Waals surface area contributed by atoms with Crippen molar-refractivity contribution in [3.05, 3.63) is 29.3 Å². The van der Waals surface area contributed by atoms with E-state index in [0.29, 0.717) is 5.56 Å². The number of alkyl halides is 3. The van der Waals surface area contributed by atoms with E-state index in [0.717, 1.165) is 25.0 Å². The van der Waals surface area contributed by atoms with Crippen LogP contribution in [0.25, 0.3) is 0 Å². The lowest BCUT2D eigenvalue weighted by molar-refractivity contribution is -0.137. The predicted octanol–water partition coefficient (Wildman–Crippen LogP) is 4.90. The number of nitrogens with zero attached hydrogens (tertiary/aromatic N) is 1. The molecule has 0 bridgehead atoms. The molecule has 0 aromatic heterocycles. The van der Waals surface area contributed by atoms with Crippen molar-refractivity contribution in [2.45, 2.75) is 96.9 Å². The first-order chi connectivity index (χ1) is 14.0. The zero-order valence-electron chi connectivity index (χ0n) is 19.2. The summed E-state index contributed by atoms with van der Waals surface area (Å²) in [6, 6.07) is 3.73. The second kappa shape index (κ2) is 7.69. The highest BCUT2D eigenvalue weighted by Crippen LogP contribution is 2.38. The molecule has 0 unspecified atom stereocenters. The molecule has 172 valence electrons. The van der Waals surface area contributed by atoms with E-state index in [2.05, 4.69) is 0 Å². The van der Waals surface area contributed by atoms with Gasteiger partial charge in [-0.05, 0) is 78.4 Å². The summed E-state index contributed by atoms with van der Waals surface area (Å²) in [5.41, 5.74) is -2.20. The Hall–Kier alpha value is -1.74. The lowest BCUT2D eigenvalue weighted by atomic mass is 9.77. The van der Waals surface area contributed by atoms with Crippen LogP contribution >= 0.6 is 0 Å². The second-order valence-corrected chi connectivity index (χ2v) is 10.4. The van der Waals surface area contributed by atoms with Gasteiger partial charge < -0.3 is 18.9 Å². The molecule has 0 spiro atoms. The zero-order chi connectivity index (χ0) is 23.4. The molecule has 1 saturated heterocycles. The van der Waals surface area contributed by atoms with Crippen LogP contribution in [0.2, 0.25) is 0 Å². The molecule has 1 saturated carbocycles. The van der Waals surface area contributed by atoms with E-state index in [1.807, 2.05) is 27.7 Å². The average Bonchev–Trinajstić information content (AvgIpc) is 3.37. The Balaban J connectivity index is 1.93. The third-order valence-electron chi connectivity index (χ3n) is 5.84. The van der Waals surface area contributed by atoms with E-state index in [4.69, 9.17) is 14.0 Å². The number of halogens is 3. The molecule has 0 N–H and O–H groups in total. The molecule has 2 aliphatic rings. The molecule has 1 amide bonds. The van der Waals surface area contributed by atoms with E-state index < -0.39 is 41.8 Å². The number of hydrogen-bond acceptors (Lipinski definition) is 4. The fraction of sp³-hybridized carbons (Fsp3) is 0.682. The fourth-order valence-corrected chi connectivity index (χ4v) is 3.33. The molecule has 1 aliphatic heterocycles. The topological polar surface area (TPSA) is 48.0 Å². The molecular weight excluding hydrogens is 410 g/mol. The summed E-state index contributed by atoms with van der Waals surface area (Å²) in [5.74, 6) is 0. The predicted molar refractivity (Wildman–Crippen MR) is 112 cm³/mol. The molecule has 9 heteroatoms. The maximum Gasteiger partial charge on any atom is 0.494 e. The minimum absolute atomic E-state index is 0.0234. The molecular formula is C22H31BF3NO4. The van der Waals surface area contributed by atoms with E-state index in [-0.39, 0.29) is 18.0 Å². The lowest BCUT2D eigenvalue weighted by Gasteiger charge is -2.32. The van der Waals surface area contributed by atoms with Crippen LogP contribution in [-0.2, 0) is 26.8 Å². The summed E-state index contributed by atoms with van der Waals surface area (Å²) < 4.78 is 58.3. The molecule has 1 aromatic carbocycles.